The minimum atomic E-state index is -0.126. The summed E-state index contributed by atoms with van der Waals surface area (Å²) in [4.78, 5) is 19.9. The molecule has 0 radical (unpaired) electrons. The first-order chi connectivity index (χ1) is 8.28. The van der Waals surface area contributed by atoms with Gasteiger partial charge in [-0.15, -0.1) is 22.9 Å². The monoisotopic (exact) mass is 267 g/mol. The number of carbonyl (C=O) groups excluding carboxylic acids is 1. The quantitative estimate of drug-likeness (QED) is 0.866. The van der Waals surface area contributed by atoms with E-state index in [2.05, 4.69) is 15.3 Å². The van der Waals surface area contributed by atoms with Gasteiger partial charge in [0.15, 0.2) is 0 Å². The molecule has 0 fully saturated rings. The van der Waals surface area contributed by atoms with Crippen molar-refractivity contribution in [2.45, 2.75) is 12.3 Å². The van der Waals surface area contributed by atoms with Crippen molar-refractivity contribution >= 4 is 34.7 Å². The van der Waals surface area contributed by atoms with E-state index in [1.165, 1.54) is 11.3 Å². The lowest BCUT2D eigenvalue weighted by molar-refractivity contribution is -0.115. The molecule has 4 nitrogen and oxygen atoms in total. The third kappa shape index (κ3) is 3.51. The van der Waals surface area contributed by atoms with E-state index < -0.39 is 0 Å². The number of hydrogen-bond donors (Lipinski definition) is 1. The zero-order valence-corrected chi connectivity index (χ0v) is 10.5. The zero-order valence-electron chi connectivity index (χ0n) is 8.89. The topological polar surface area (TPSA) is 54.9 Å². The van der Waals surface area contributed by atoms with E-state index >= 15 is 0 Å². The molecule has 1 amide bonds. The maximum atomic E-state index is 11.7. The molecule has 0 aliphatic heterocycles. The predicted octanol–water partition coefficient (Wildman–Crippen LogP) is 2.46. The Labute approximate surface area is 108 Å². The molecule has 2 aromatic rings. The second kappa shape index (κ2) is 5.75. The van der Waals surface area contributed by atoms with Crippen molar-refractivity contribution in [1.82, 2.24) is 9.97 Å². The summed E-state index contributed by atoms with van der Waals surface area (Å²) in [5.41, 5.74) is 0.803. The molecule has 0 aromatic carbocycles. The van der Waals surface area contributed by atoms with Crippen LogP contribution < -0.4 is 5.32 Å². The number of hydrogen-bond acceptors (Lipinski definition) is 4. The van der Waals surface area contributed by atoms with Gasteiger partial charge >= 0.3 is 0 Å². The molecule has 0 spiro atoms. The van der Waals surface area contributed by atoms with Crippen LogP contribution in [0.2, 0.25) is 0 Å². The van der Waals surface area contributed by atoms with E-state index in [1.807, 2.05) is 11.4 Å². The number of halogens is 1. The Bertz CT molecular complexity index is 500. The molecule has 0 saturated carbocycles. The van der Waals surface area contributed by atoms with Gasteiger partial charge in [0.1, 0.15) is 10.8 Å². The maximum Gasteiger partial charge on any atom is 0.232 e. The van der Waals surface area contributed by atoms with Crippen molar-refractivity contribution in [3.8, 4) is 0 Å². The molecule has 6 heteroatoms. The van der Waals surface area contributed by atoms with Crippen LogP contribution >= 0.6 is 22.9 Å². The normalized spacial score (nSPS) is 10.2. The number of pyridine rings is 1. The highest BCUT2D eigenvalue weighted by Crippen LogP contribution is 2.12. The molecule has 0 aliphatic carbocycles. The number of amides is 1. The summed E-state index contributed by atoms with van der Waals surface area (Å²) in [6.45, 7) is 0. The fourth-order valence-corrected chi connectivity index (χ4v) is 2.27. The summed E-state index contributed by atoms with van der Waals surface area (Å²) >= 11 is 7.08. The molecule has 17 heavy (non-hydrogen) atoms. The number of thiazole rings is 1. The molecular formula is C11H10ClN3OS. The summed E-state index contributed by atoms with van der Waals surface area (Å²) in [5.74, 6) is 0.795. The Kier molecular flexibility index (Phi) is 4.06. The highest BCUT2D eigenvalue weighted by Gasteiger charge is 2.08. The third-order valence-electron chi connectivity index (χ3n) is 1.98. The molecule has 2 aromatic heterocycles. The van der Waals surface area contributed by atoms with Crippen molar-refractivity contribution in [2.75, 3.05) is 5.32 Å². The van der Waals surface area contributed by atoms with Crippen molar-refractivity contribution in [1.29, 1.82) is 0 Å². The predicted molar refractivity (Wildman–Crippen MR) is 68.2 cm³/mol. The lowest BCUT2D eigenvalue weighted by Gasteiger charge is -2.01. The first-order valence-corrected chi connectivity index (χ1v) is 6.39. The van der Waals surface area contributed by atoms with Crippen LogP contribution in [0.1, 0.15) is 10.7 Å². The van der Waals surface area contributed by atoms with Gasteiger partial charge in [-0.05, 0) is 12.1 Å². The number of aromatic nitrogens is 2. The van der Waals surface area contributed by atoms with Gasteiger partial charge in [0.2, 0.25) is 5.91 Å². The summed E-state index contributed by atoms with van der Waals surface area (Å²) < 4.78 is 0. The van der Waals surface area contributed by atoms with Crippen LogP contribution in [-0.4, -0.2) is 15.9 Å². The van der Waals surface area contributed by atoms with Crippen LogP contribution in [0.4, 0.5) is 5.82 Å². The second-order valence-corrected chi connectivity index (χ2v) is 4.52. The highest BCUT2D eigenvalue weighted by molar-refractivity contribution is 7.09. The zero-order chi connectivity index (χ0) is 12.1. The summed E-state index contributed by atoms with van der Waals surface area (Å²) in [5, 5.41) is 5.32. The molecule has 0 unspecified atom stereocenters. The van der Waals surface area contributed by atoms with Crippen LogP contribution in [0.5, 0.6) is 0 Å². The van der Waals surface area contributed by atoms with E-state index in [4.69, 9.17) is 11.6 Å². The second-order valence-electron chi connectivity index (χ2n) is 3.31. The molecule has 0 bridgehead atoms. The molecule has 1 N–H and O–H groups in total. The summed E-state index contributed by atoms with van der Waals surface area (Å²) in [6.07, 6.45) is 1.88. The number of rotatable bonds is 4. The van der Waals surface area contributed by atoms with Crippen molar-refractivity contribution in [3.63, 3.8) is 0 Å². The Morgan fingerprint density at radius 1 is 1.47 bits per heavy atom. The minimum absolute atomic E-state index is 0.126. The average molecular weight is 268 g/mol. The van der Waals surface area contributed by atoms with Crippen LogP contribution in [-0.2, 0) is 17.1 Å². The molecule has 0 aliphatic rings. The lowest BCUT2D eigenvalue weighted by atomic mass is 10.4. The van der Waals surface area contributed by atoms with E-state index in [1.54, 1.807) is 18.3 Å². The molecule has 0 atom stereocenters. The van der Waals surface area contributed by atoms with E-state index in [-0.39, 0.29) is 12.3 Å². The van der Waals surface area contributed by atoms with Gasteiger partial charge < -0.3 is 5.32 Å². The molecule has 88 valence electrons. The van der Waals surface area contributed by atoms with Crippen molar-refractivity contribution in [3.05, 3.63) is 40.5 Å². The summed E-state index contributed by atoms with van der Waals surface area (Å²) in [6, 6.07) is 5.35. The van der Waals surface area contributed by atoms with Crippen LogP contribution in [0.25, 0.3) is 0 Å². The fraction of sp³-hybridized carbons (Fsp3) is 0.182. The van der Waals surface area contributed by atoms with E-state index in [9.17, 15) is 4.79 Å². The van der Waals surface area contributed by atoms with Crippen molar-refractivity contribution < 1.29 is 4.79 Å². The largest absolute Gasteiger partial charge is 0.310 e. The van der Waals surface area contributed by atoms with E-state index in [0.29, 0.717) is 11.7 Å². The minimum Gasteiger partial charge on any atom is -0.310 e. The van der Waals surface area contributed by atoms with Gasteiger partial charge in [-0.2, -0.15) is 0 Å². The number of alkyl halides is 1. The van der Waals surface area contributed by atoms with Gasteiger partial charge in [0, 0.05) is 11.6 Å². The molecule has 2 heterocycles. The van der Waals surface area contributed by atoms with Crippen LogP contribution in [0, 0.1) is 0 Å². The smallest absolute Gasteiger partial charge is 0.232 e. The van der Waals surface area contributed by atoms with E-state index in [0.717, 1.165) is 10.7 Å². The van der Waals surface area contributed by atoms with Crippen LogP contribution in [0.3, 0.4) is 0 Å². The Balaban J connectivity index is 1.93. The first-order valence-electron chi connectivity index (χ1n) is 4.98. The Hall–Kier alpha value is -1.46. The SMILES string of the molecule is O=C(Cc1nc(CCl)cs1)Nc1ccccn1. The first kappa shape index (κ1) is 12.0. The number of nitrogens with one attached hydrogen (secondary N) is 1. The molecular weight excluding hydrogens is 258 g/mol. The lowest BCUT2D eigenvalue weighted by Crippen LogP contribution is -2.15. The van der Waals surface area contributed by atoms with Gasteiger partial charge in [-0.1, -0.05) is 6.07 Å². The maximum absolute atomic E-state index is 11.7. The van der Waals surface area contributed by atoms with Crippen LogP contribution in [0.15, 0.2) is 29.8 Å². The van der Waals surface area contributed by atoms with Gasteiger partial charge in [0.05, 0.1) is 18.0 Å². The van der Waals surface area contributed by atoms with Gasteiger partial charge in [0.25, 0.3) is 0 Å². The Morgan fingerprint density at radius 3 is 3.00 bits per heavy atom. The Morgan fingerprint density at radius 2 is 2.35 bits per heavy atom. The number of anilines is 1. The number of nitrogens with zero attached hydrogens (tertiary/aromatic N) is 2. The average Bonchev–Trinajstić information content (AvgIpc) is 2.78. The standard InChI is InChI=1S/C11H10ClN3OS/c12-6-8-7-17-11(14-8)5-10(16)15-9-3-1-2-4-13-9/h1-4,7H,5-6H2,(H,13,15,16). The fourth-order valence-electron chi connectivity index (χ4n) is 1.25. The van der Waals surface area contributed by atoms with Gasteiger partial charge in [-0.3, -0.25) is 4.79 Å². The van der Waals surface area contributed by atoms with Gasteiger partial charge in [-0.25, -0.2) is 9.97 Å². The molecule has 0 saturated heterocycles. The third-order valence-corrected chi connectivity index (χ3v) is 3.15. The highest BCUT2D eigenvalue weighted by atomic mass is 35.5. The van der Waals surface area contributed by atoms with Crippen molar-refractivity contribution in [2.24, 2.45) is 0 Å². The molecule has 2 rings (SSSR count). The number of carbonyl (C=O) groups is 1. The summed E-state index contributed by atoms with van der Waals surface area (Å²) in [7, 11) is 0.